The summed E-state index contributed by atoms with van der Waals surface area (Å²) in [5, 5.41) is 3.27. The summed E-state index contributed by atoms with van der Waals surface area (Å²) in [5.41, 5.74) is 2.76. The van der Waals surface area contributed by atoms with Crippen molar-refractivity contribution in [3.8, 4) is 0 Å². The van der Waals surface area contributed by atoms with E-state index in [0.717, 1.165) is 15.5 Å². The topological polar surface area (TPSA) is 57.8 Å². The normalized spacial score (nSPS) is 10.7. The third kappa shape index (κ3) is 2.55. The number of amides is 1. The van der Waals surface area contributed by atoms with Crippen LogP contribution in [0.15, 0.2) is 47.2 Å². The van der Waals surface area contributed by atoms with Gasteiger partial charge in [0.1, 0.15) is 0 Å². The predicted octanol–water partition coefficient (Wildman–Crippen LogP) is 4.23. The lowest BCUT2D eigenvalue weighted by Crippen LogP contribution is -2.12. The van der Waals surface area contributed by atoms with Crippen LogP contribution in [0.5, 0.6) is 0 Å². The highest BCUT2D eigenvalue weighted by Crippen LogP contribution is 2.26. The molecule has 2 aromatic carbocycles. The van der Waals surface area contributed by atoms with Crippen molar-refractivity contribution in [2.45, 2.75) is 0 Å². The quantitative estimate of drug-likeness (QED) is 0.726. The fourth-order valence-electron chi connectivity index (χ4n) is 1.86. The van der Waals surface area contributed by atoms with Crippen molar-refractivity contribution in [2.75, 3.05) is 5.32 Å². The van der Waals surface area contributed by atoms with Gasteiger partial charge in [-0.2, -0.15) is 0 Å². The second kappa shape index (κ2) is 5.26. The van der Waals surface area contributed by atoms with Crippen LogP contribution in [0.3, 0.4) is 0 Å². The number of imidazole rings is 1. The number of anilines is 1. The molecular formula is C14H9BrClN3O. The van der Waals surface area contributed by atoms with Crippen LogP contribution in [0, 0.1) is 0 Å². The average Bonchev–Trinajstić information content (AvgIpc) is 2.89. The van der Waals surface area contributed by atoms with Crippen molar-refractivity contribution >= 4 is 50.2 Å². The van der Waals surface area contributed by atoms with Gasteiger partial charge in [-0.15, -0.1) is 0 Å². The molecule has 0 aliphatic rings. The molecule has 2 N–H and O–H groups in total. The van der Waals surface area contributed by atoms with Crippen LogP contribution in [0.1, 0.15) is 10.4 Å². The van der Waals surface area contributed by atoms with Crippen LogP contribution >= 0.6 is 27.5 Å². The molecule has 0 unspecified atom stereocenters. The van der Waals surface area contributed by atoms with Gasteiger partial charge in [0.25, 0.3) is 5.91 Å². The van der Waals surface area contributed by atoms with Crippen molar-refractivity contribution in [2.24, 2.45) is 0 Å². The molecule has 0 atom stereocenters. The zero-order valence-corrected chi connectivity index (χ0v) is 12.5. The molecule has 0 aliphatic carbocycles. The van der Waals surface area contributed by atoms with Gasteiger partial charge < -0.3 is 10.3 Å². The van der Waals surface area contributed by atoms with Crippen LogP contribution < -0.4 is 5.32 Å². The van der Waals surface area contributed by atoms with Crippen LogP contribution in [0.4, 0.5) is 5.69 Å². The van der Waals surface area contributed by atoms with Crippen molar-refractivity contribution in [3.05, 3.63) is 57.8 Å². The van der Waals surface area contributed by atoms with E-state index in [0.29, 0.717) is 16.3 Å². The molecule has 4 nitrogen and oxygen atoms in total. The number of nitrogens with one attached hydrogen (secondary N) is 2. The molecule has 6 heteroatoms. The van der Waals surface area contributed by atoms with E-state index in [4.69, 9.17) is 11.6 Å². The number of carbonyl (C=O) groups excluding carboxylic acids is 1. The molecule has 0 spiro atoms. The van der Waals surface area contributed by atoms with Gasteiger partial charge in [-0.25, -0.2) is 4.98 Å². The molecular weight excluding hydrogens is 342 g/mol. The maximum Gasteiger partial charge on any atom is 0.255 e. The highest BCUT2D eigenvalue weighted by molar-refractivity contribution is 9.10. The number of rotatable bonds is 2. The standard InChI is InChI=1S/C14H9BrClN3O/c15-9-2-4-11(10(16)6-9)19-14(20)8-1-3-12-13(5-8)18-7-17-12/h1-7H,(H,17,18)(H,19,20). The summed E-state index contributed by atoms with van der Waals surface area (Å²) in [5.74, 6) is -0.217. The van der Waals surface area contributed by atoms with E-state index in [9.17, 15) is 4.79 Å². The molecule has 20 heavy (non-hydrogen) atoms. The van der Waals surface area contributed by atoms with Crippen molar-refractivity contribution in [1.82, 2.24) is 9.97 Å². The SMILES string of the molecule is O=C(Nc1ccc(Br)cc1Cl)c1ccc2nc[nH]c2c1. The predicted molar refractivity (Wildman–Crippen MR) is 83.2 cm³/mol. The zero-order valence-electron chi connectivity index (χ0n) is 10.2. The van der Waals surface area contributed by atoms with Crippen molar-refractivity contribution < 1.29 is 4.79 Å². The van der Waals surface area contributed by atoms with E-state index in [1.165, 1.54) is 0 Å². The largest absolute Gasteiger partial charge is 0.345 e. The van der Waals surface area contributed by atoms with Gasteiger partial charge in [0.05, 0.1) is 28.1 Å². The minimum atomic E-state index is -0.217. The first-order valence-corrected chi connectivity index (χ1v) is 7.00. The van der Waals surface area contributed by atoms with Gasteiger partial charge >= 0.3 is 0 Å². The van der Waals surface area contributed by atoms with E-state index < -0.39 is 0 Å². The van der Waals surface area contributed by atoms with E-state index in [1.54, 1.807) is 36.7 Å². The van der Waals surface area contributed by atoms with E-state index >= 15 is 0 Å². The molecule has 100 valence electrons. The van der Waals surface area contributed by atoms with Crippen molar-refractivity contribution in [3.63, 3.8) is 0 Å². The second-order valence-electron chi connectivity index (χ2n) is 4.21. The first kappa shape index (κ1) is 13.1. The number of hydrogen-bond acceptors (Lipinski definition) is 2. The van der Waals surface area contributed by atoms with Crippen LogP contribution in [0.25, 0.3) is 11.0 Å². The van der Waals surface area contributed by atoms with E-state index in [1.807, 2.05) is 6.07 Å². The minimum absolute atomic E-state index is 0.217. The van der Waals surface area contributed by atoms with E-state index in [-0.39, 0.29) is 5.91 Å². The average molecular weight is 351 g/mol. The molecule has 1 amide bonds. The molecule has 1 heterocycles. The maximum atomic E-state index is 12.2. The number of aromatic nitrogens is 2. The lowest BCUT2D eigenvalue weighted by atomic mass is 10.2. The highest BCUT2D eigenvalue weighted by atomic mass is 79.9. The number of aromatic amines is 1. The van der Waals surface area contributed by atoms with Gasteiger partial charge in [-0.3, -0.25) is 4.79 Å². The molecule has 0 fully saturated rings. The highest BCUT2D eigenvalue weighted by Gasteiger charge is 2.10. The summed E-state index contributed by atoms with van der Waals surface area (Å²) in [6.45, 7) is 0. The Labute approximate surface area is 128 Å². The lowest BCUT2D eigenvalue weighted by Gasteiger charge is -2.07. The lowest BCUT2D eigenvalue weighted by molar-refractivity contribution is 0.102. The summed E-state index contributed by atoms with van der Waals surface area (Å²) in [4.78, 5) is 19.3. The fraction of sp³-hybridized carbons (Fsp3) is 0. The third-order valence-corrected chi connectivity index (χ3v) is 3.67. The summed E-state index contributed by atoms with van der Waals surface area (Å²) in [6, 6.07) is 10.6. The van der Waals surface area contributed by atoms with Gasteiger partial charge in [0, 0.05) is 10.0 Å². The zero-order chi connectivity index (χ0) is 14.1. The number of hydrogen-bond donors (Lipinski definition) is 2. The fourth-order valence-corrected chi connectivity index (χ4v) is 2.58. The molecule has 0 saturated carbocycles. The molecule has 0 radical (unpaired) electrons. The number of halogens is 2. The number of benzene rings is 2. The molecule has 0 saturated heterocycles. The summed E-state index contributed by atoms with van der Waals surface area (Å²) in [7, 11) is 0. The van der Waals surface area contributed by atoms with Gasteiger partial charge in [0.15, 0.2) is 0 Å². The Morgan fingerprint density at radius 2 is 2.10 bits per heavy atom. The molecule has 3 aromatic rings. The Hall–Kier alpha value is -1.85. The first-order chi connectivity index (χ1) is 9.63. The Morgan fingerprint density at radius 1 is 1.25 bits per heavy atom. The molecule has 1 aromatic heterocycles. The Morgan fingerprint density at radius 3 is 2.90 bits per heavy atom. The molecule has 0 bridgehead atoms. The van der Waals surface area contributed by atoms with Gasteiger partial charge in [-0.05, 0) is 36.4 Å². The summed E-state index contributed by atoms with van der Waals surface area (Å²) in [6.07, 6.45) is 1.60. The van der Waals surface area contributed by atoms with Crippen LogP contribution in [0.2, 0.25) is 5.02 Å². The molecule has 3 rings (SSSR count). The number of nitrogens with zero attached hydrogens (tertiary/aromatic N) is 1. The van der Waals surface area contributed by atoms with Crippen LogP contribution in [-0.4, -0.2) is 15.9 Å². The Bertz CT molecular complexity index is 800. The van der Waals surface area contributed by atoms with Crippen molar-refractivity contribution in [1.29, 1.82) is 0 Å². The van der Waals surface area contributed by atoms with E-state index in [2.05, 4.69) is 31.2 Å². The number of fused-ring (bicyclic) bond motifs is 1. The first-order valence-electron chi connectivity index (χ1n) is 5.83. The minimum Gasteiger partial charge on any atom is -0.345 e. The van der Waals surface area contributed by atoms with Crippen LogP contribution in [-0.2, 0) is 0 Å². The Kier molecular flexibility index (Phi) is 3.46. The third-order valence-electron chi connectivity index (χ3n) is 2.86. The summed E-state index contributed by atoms with van der Waals surface area (Å²) >= 11 is 9.40. The monoisotopic (exact) mass is 349 g/mol. The molecule has 0 aliphatic heterocycles. The second-order valence-corrected chi connectivity index (χ2v) is 5.54. The Balaban J connectivity index is 1.88. The summed E-state index contributed by atoms with van der Waals surface area (Å²) < 4.78 is 0.861. The number of H-pyrrole nitrogens is 1. The smallest absolute Gasteiger partial charge is 0.255 e. The number of carbonyl (C=O) groups is 1. The maximum absolute atomic E-state index is 12.2. The van der Waals surface area contributed by atoms with Gasteiger partial charge in [0.2, 0.25) is 0 Å². The van der Waals surface area contributed by atoms with Gasteiger partial charge in [-0.1, -0.05) is 27.5 Å².